The van der Waals surface area contributed by atoms with Crippen LogP contribution in [0.1, 0.15) is 47.3 Å². The van der Waals surface area contributed by atoms with Gasteiger partial charge in [0.2, 0.25) is 0 Å². The summed E-state index contributed by atoms with van der Waals surface area (Å²) in [4.78, 5) is 15.3. The number of H-pyrrole nitrogens is 1. The van der Waals surface area contributed by atoms with Crippen LogP contribution in [-0.2, 0) is 6.42 Å². The summed E-state index contributed by atoms with van der Waals surface area (Å²) in [6.45, 7) is 2.90. The van der Waals surface area contributed by atoms with Crippen molar-refractivity contribution < 1.29 is 9.53 Å². The molecule has 4 rings (SSSR count). The third kappa shape index (κ3) is 3.40. The van der Waals surface area contributed by atoms with Crippen LogP contribution in [0, 0.1) is 0 Å². The molecule has 0 spiro atoms. The second-order valence-electron chi connectivity index (χ2n) is 7.15. The normalized spacial score (nSPS) is 16.4. The fourth-order valence-corrected chi connectivity index (χ4v) is 4.07. The molecule has 5 heteroatoms. The molecule has 28 heavy (non-hydrogen) atoms. The van der Waals surface area contributed by atoms with E-state index in [0.29, 0.717) is 0 Å². The minimum Gasteiger partial charge on any atom is -0.497 e. The van der Waals surface area contributed by atoms with E-state index in [4.69, 9.17) is 4.74 Å². The van der Waals surface area contributed by atoms with Gasteiger partial charge in [-0.15, -0.1) is 0 Å². The highest BCUT2D eigenvalue weighted by Crippen LogP contribution is 2.35. The molecule has 0 saturated carbocycles. The number of ether oxygens (including phenoxy) is 1. The van der Waals surface area contributed by atoms with Crippen LogP contribution in [0.4, 0.5) is 0 Å². The summed E-state index contributed by atoms with van der Waals surface area (Å²) in [5.74, 6) is 0.924. The van der Waals surface area contributed by atoms with Crippen LogP contribution < -0.4 is 4.74 Å². The van der Waals surface area contributed by atoms with E-state index in [2.05, 4.69) is 23.2 Å². The average Bonchev–Trinajstić information content (AvgIpc) is 3.45. The predicted molar refractivity (Wildman–Crippen MR) is 109 cm³/mol. The molecule has 5 nitrogen and oxygen atoms in total. The molecule has 1 aliphatic rings. The molecule has 0 bridgehead atoms. The zero-order valence-corrected chi connectivity index (χ0v) is 16.3. The standard InChI is InChI=1S/C23H25N3O2/c1-3-16-12-18(9-10-21(16)19-14-24-25-15-19)23(27)26-11-5-8-22(26)17-6-4-7-20(13-17)28-2/h4,6-7,9-10,12-15,22H,3,5,8,11H2,1-2H3,(H,24,25). The fraction of sp³-hybridized carbons (Fsp3) is 0.304. The van der Waals surface area contributed by atoms with Gasteiger partial charge in [-0.1, -0.05) is 25.1 Å². The first-order valence-corrected chi connectivity index (χ1v) is 9.78. The van der Waals surface area contributed by atoms with Gasteiger partial charge in [-0.25, -0.2) is 0 Å². The van der Waals surface area contributed by atoms with Gasteiger partial charge < -0.3 is 9.64 Å². The van der Waals surface area contributed by atoms with Crippen LogP contribution in [0.5, 0.6) is 5.75 Å². The van der Waals surface area contributed by atoms with Crippen LogP contribution in [-0.4, -0.2) is 34.7 Å². The first-order chi connectivity index (χ1) is 13.7. The van der Waals surface area contributed by atoms with E-state index in [1.807, 2.05) is 53.7 Å². The van der Waals surface area contributed by atoms with Gasteiger partial charge in [0.15, 0.2) is 0 Å². The molecule has 144 valence electrons. The highest BCUT2D eigenvalue weighted by molar-refractivity contribution is 5.95. The first kappa shape index (κ1) is 18.3. The molecule has 1 saturated heterocycles. The van der Waals surface area contributed by atoms with Crippen molar-refractivity contribution in [2.75, 3.05) is 13.7 Å². The van der Waals surface area contributed by atoms with Crippen LogP contribution in [0.2, 0.25) is 0 Å². The molecule has 2 aromatic carbocycles. The SMILES string of the molecule is CCc1cc(C(=O)N2CCCC2c2cccc(OC)c2)ccc1-c1cn[nH]c1. The highest BCUT2D eigenvalue weighted by atomic mass is 16.5. The maximum Gasteiger partial charge on any atom is 0.254 e. The maximum atomic E-state index is 13.3. The summed E-state index contributed by atoms with van der Waals surface area (Å²) in [7, 11) is 1.67. The molecule has 2 heterocycles. The summed E-state index contributed by atoms with van der Waals surface area (Å²) < 4.78 is 5.36. The van der Waals surface area contributed by atoms with Crippen molar-refractivity contribution in [3.63, 3.8) is 0 Å². The van der Waals surface area contributed by atoms with Crippen molar-refractivity contribution in [1.82, 2.24) is 15.1 Å². The number of aromatic amines is 1. The molecule has 1 fully saturated rings. The van der Waals surface area contributed by atoms with Crippen LogP contribution >= 0.6 is 0 Å². The Morgan fingerprint density at radius 3 is 2.93 bits per heavy atom. The lowest BCUT2D eigenvalue weighted by Crippen LogP contribution is -2.30. The Hall–Kier alpha value is -3.08. The van der Waals surface area contributed by atoms with Gasteiger partial charge in [0.05, 0.1) is 19.3 Å². The fourth-order valence-electron chi connectivity index (χ4n) is 4.07. The summed E-state index contributed by atoms with van der Waals surface area (Å²) >= 11 is 0. The lowest BCUT2D eigenvalue weighted by Gasteiger charge is -2.26. The summed E-state index contributed by atoms with van der Waals surface area (Å²) in [5, 5.41) is 6.90. The van der Waals surface area contributed by atoms with Crippen LogP contribution in [0.15, 0.2) is 54.9 Å². The highest BCUT2D eigenvalue weighted by Gasteiger charge is 2.31. The predicted octanol–water partition coefficient (Wildman–Crippen LogP) is 4.63. The number of methoxy groups -OCH3 is 1. The van der Waals surface area contributed by atoms with E-state index in [1.54, 1.807) is 7.11 Å². The van der Waals surface area contributed by atoms with Crippen LogP contribution in [0.3, 0.4) is 0 Å². The molecule has 3 aromatic rings. The molecule has 1 aromatic heterocycles. The van der Waals surface area contributed by atoms with E-state index < -0.39 is 0 Å². The molecular formula is C23H25N3O2. The third-order valence-corrected chi connectivity index (χ3v) is 5.53. The zero-order valence-electron chi connectivity index (χ0n) is 16.3. The lowest BCUT2D eigenvalue weighted by atomic mass is 9.97. The number of hydrogen-bond acceptors (Lipinski definition) is 3. The Kier molecular flexibility index (Phi) is 5.15. The van der Waals surface area contributed by atoms with Crippen molar-refractivity contribution in [3.05, 3.63) is 71.5 Å². The van der Waals surface area contributed by atoms with E-state index in [9.17, 15) is 4.79 Å². The second kappa shape index (κ2) is 7.89. The van der Waals surface area contributed by atoms with Gasteiger partial charge in [-0.2, -0.15) is 5.10 Å². The van der Waals surface area contributed by atoms with Crippen molar-refractivity contribution in [2.45, 2.75) is 32.2 Å². The number of aromatic nitrogens is 2. The topological polar surface area (TPSA) is 58.2 Å². The number of amides is 1. The van der Waals surface area contributed by atoms with E-state index >= 15 is 0 Å². The number of carbonyl (C=O) groups is 1. The number of carbonyl (C=O) groups excluding carboxylic acids is 1. The number of nitrogens with zero attached hydrogens (tertiary/aromatic N) is 2. The van der Waals surface area contributed by atoms with Gasteiger partial charge >= 0.3 is 0 Å². The van der Waals surface area contributed by atoms with Crippen LogP contribution in [0.25, 0.3) is 11.1 Å². The van der Waals surface area contributed by atoms with Crippen molar-refractivity contribution >= 4 is 5.91 Å². The summed E-state index contributed by atoms with van der Waals surface area (Å²) in [5.41, 5.74) is 5.21. The van der Waals surface area contributed by atoms with Crippen molar-refractivity contribution in [3.8, 4) is 16.9 Å². The van der Waals surface area contributed by atoms with Gasteiger partial charge in [0, 0.05) is 23.9 Å². The molecule has 1 aliphatic heterocycles. The van der Waals surface area contributed by atoms with E-state index in [1.165, 1.54) is 0 Å². The van der Waals surface area contributed by atoms with Gasteiger partial charge in [0.25, 0.3) is 5.91 Å². The minimum absolute atomic E-state index is 0.0961. The Morgan fingerprint density at radius 2 is 2.18 bits per heavy atom. The quantitative estimate of drug-likeness (QED) is 0.708. The Bertz CT molecular complexity index is 966. The second-order valence-corrected chi connectivity index (χ2v) is 7.15. The summed E-state index contributed by atoms with van der Waals surface area (Å²) in [6, 6.07) is 14.1. The van der Waals surface area contributed by atoms with Gasteiger partial charge in [-0.05, 0) is 60.2 Å². The maximum absolute atomic E-state index is 13.3. The molecule has 1 amide bonds. The number of benzene rings is 2. The average molecular weight is 375 g/mol. The Labute approximate surface area is 165 Å². The number of likely N-dealkylation sites (tertiary alicyclic amines) is 1. The van der Waals surface area contributed by atoms with Crippen molar-refractivity contribution in [1.29, 1.82) is 0 Å². The largest absolute Gasteiger partial charge is 0.497 e. The number of aryl methyl sites for hydroxylation is 1. The third-order valence-electron chi connectivity index (χ3n) is 5.53. The smallest absolute Gasteiger partial charge is 0.254 e. The molecule has 1 atom stereocenters. The number of nitrogens with one attached hydrogen (secondary N) is 1. The zero-order chi connectivity index (χ0) is 19.5. The monoisotopic (exact) mass is 375 g/mol. The molecular weight excluding hydrogens is 350 g/mol. The minimum atomic E-state index is 0.0961. The van der Waals surface area contributed by atoms with Gasteiger partial charge in [0.1, 0.15) is 5.75 Å². The van der Waals surface area contributed by atoms with E-state index in [0.717, 1.165) is 59.4 Å². The van der Waals surface area contributed by atoms with Gasteiger partial charge in [-0.3, -0.25) is 9.89 Å². The molecule has 0 aliphatic carbocycles. The number of hydrogen-bond donors (Lipinski definition) is 1. The molecule has 0 radical (unpaired) electrons. The summed E-state index contributed by atoms with van der Waals surface area (Å²) in [6.07, 6.45) is 6.56. The number of rotatable bonds is 5. The Morgan fingerprint density at radius 1 is 1.29 bits per heavy atom. The first-order valence-electron chi connectivity index (χ1n) is 9.78. The van der Waals surface area contributed by atoms with E-state index in [-0.39, 0.29) is 11.9 Å². The van der Waals surface area contributed by atoms with Crippen molar-refractivity contribution in [2.24, 2.45) is 0 Å². The Balaban J connectivity index is 1.63. The molecule has 1 unspecified atom stereocenters. The lowest BCUT2D eigenvalue weighted by molar-refractivity contribution is 0.0735. The molecule has 1 N–H and O–H groups in total.